The van der Waals surface area contributed by atoms with Crippen LogP contribution in [0.4, 0.5) is 4.79 Å². The number of carbonyl (C=O) groups excluding carboxylic acids is 1. The first kappa shape index (κ1) is 16.3. The standard InChI is InChI=1S/C16H21NO5/c1-11-8-9-13(22-11)14(15(18)19)17(2)16(20)21-10-12-6-4-3-5-7-12/h3-7,11,13-14H,8-10H2,1-2H3,(H,18,19). The summed E-state index contributed by atoms with van der Waals surface area (Å²) in [6, 6.07) is 8.21. The van der Waals surface area contributed by atoms with Gasteiger partial charge in [-0.05, 0) is 25.3 Å². The summed E-state index contributed by atoms with van der Waals surface area (Å²) in [5.41, 5.74) is 0.849. The van der Waals surface area contributed by atoms with Crippen molar-refractivity contribution in [1.82, 2.24) is 4.90 Å². The van der Waals surface area contributed by atoms with E-state index < -0.39 is 24.2 Å². The van der Waals surface area contributed by atoms with Crippen LogP contribution in [0, 0.1) is 0 Å². The molecular weight excluding hydrogens is 286 g/mol. The van der Waals surface area contributed by atoms with E-state index in [1.165, 1.54) is 7.05 Å². The van der Waals surface area contributed by atoms with Crippen LogP contribution in [0.2, 0.25) is 0 Å². The minimum Gasteiger partial charge on any atom is -0.480 e. The summed E-state index contributed by atoms with van der Waals surface area (Å²) in [4.78, 5) is 24.7. The molecule has 0 aliphatic carbocycles. The number of hydrogen-bond donors (Lipinski definition) is 1. The Labute approximate surface area is 129 Å². The number of aliphatic carboxylic acids is 1. The minimum atomic E-state index is -1.08. The SMILES string of the molecule is CC1CCC(C(C(=O)O)N(C)C(=O)OCc2ccccc2)O1. The van der Waals surface area contributed by atoms with Crippen molar-refractivity contribution in [1.29, 1.82) is 0 Å². The zero-order valence-corrected chi connectivity index (χ0v) is 12.8. The number of ether oxygens (including phenoxy) is 2. The fourth-order valence-electron chi connectivity index (χ4n) is 2.57. The van der Waals surface area contributed by atoms with Crippen LogP contribution >= 0.6 is 0 Å². The summed E-state index contributed by atoms with van der Waals surface area (Å²) < 4.78 is 10.8. The van der Waals surface area contributed by atoms with Gasteiger partial charge in [0.05, 0.1) is 12.2 Å². The molecule has 120 valence electrons. The maximum absolute atomic E-state index is 12.1. The molecule has 3 atom stereocenters. The Morgan fingerprint density at radius 1 is 1.36 bits per heavy atom. The summed E-state index contributed by atoms with van der Waals surface area (Å²) in [5, 5.41) is 9.40. The van der Waals surface area contributed by atoms with Crippen molar-refractivity contribution in [2.24, 2.45) is 0 Å². The number of carboxylic acid groups (broad SMARTS) is 1. The molecule has 0 radical (unpaired) electrons. The highest BCUT2D eigenvalue weighted by molar-refractivity contribution is 5.80. The Morgan fingerprint density at radius 3 is 2.59 bits per heavy atom. The van der Waals surface area contributed by atoms with Crippen molar-refractivity contribution < 1.29 is 24.2 Å². The molecular formula is C16H21NO5. The number of likely N-dealkylation sites (N-methyl/N-ethyl adjacent to an activating group) is 1. The molecule has 0 saturated carbocycles. The molecule has 6 nitrogen and oxygen atoms in total. The quantitative estimate of drug-likeness (QED) is 0.903. The lowest BCUT2D eigenvalue weighted by Crippen LogP contribution is -2.49. The summed E-state index contributed by atoms with van der Waals surface area (Å²) in [6.07, 6.45) is 0.261. The molecule has 1 N–H and O–H groups in total. The fraction of sp³-hybridized carbons (Fsp3) is 0.500. The van der Waals surface area contributed by atoms with Crippen molar-refractivity contribution in [2.45, 2.75) is 44.6 Å². The van der Waals surface area contributed by atoms with Gasteiger partial charge in [-0.1, -0.05) is 30.3 Å². The highest BCUT2D eigenvalue weighted by Crippen LogP contribution is 2.24. The van der Waals surface area contributed by atoms with E-state index in [1.807, 2.05) is 37.3 Å². The third kappa shape index (κ3) is 3.98. The molecule has 3 unspecified atom stereocenters. The smallest absolute Gasteiger partial charge is 0.410 e. The van der Waals surface area contributed by atoms with Crippen LogP contribution in [0.25, 0.3) is 0 Å². The lowest BCUT2D eigenvalue weighted by atomic mass is 10.1. The van der Waals surface area contributed by atoms with Crippen LogP contribution in [0.5, 0.6) is 0 Å². The zero-order valence-electron chi connectivity index (χ0n) is 12.8. The molecule has 0 bridgehead atoms. The molecule has 0 aromatic heterocycles. The number of amides is 1. The van der Waals surface area contributed by atoms with Gasteiger partial charge in [0.2, 0.25) is 0 Å². The monoisotopic (exact) mass is 307 g/mol. The van der Waals surface area contributed by atoms with Crippen molar-refractivity contribution in [3.63, 3.8) is 0 Å². The van der Waals surface area contributed by atoms with Crippen LogP contribution < -0.4 is 0 Å². The van der Waals surface area contributed by atoms with E-state index in [1.54, 1.807) is 0 Å². The highest BCUT2D eigenvalue weighted by atomic mass is 16.6. The molecule has 1 aromatic rings. The Hall–Kier alpha value is -2.08. The number of carboxylic acids is 1. The molecule has 1 aromatic carbocycles. The van der Waals surface area contributed by atoms with Gasteiger partial charge in [0, 0.05) is 7.05 Å². The van der Waals surface area contributed by atoms with Crippen molar-refractivity contribution in [2.75, 3.05) is 7.05 Å². The first-order chi connectivity index (χ1) is 10.5. The Morgan fingerprint density at radius 2 is 2.05 bits per heavy atom. The van der Waals surface area contributed by atoms with Crippen molar-refractivity contribution in [3.8, 4) is 0 Å². The van der Waals surface area contributed by atoms with E-state index in [4.69, 9.17) is 9.47 Å². The molecule has 1 aliphatic rings. The zero-order chi connectivity index (χ0) is 16.1. The molecule has 6 heteroatoms. The number of hydrogen-bond acceptors (Lipinski definition) is 4. The number of rotatable bonds is 5. The first-order valence-corrected chi connectivity index (χ1v) is 7.31. The Kier molecular flexibility index (Phi) is 5.38. The van der Waals surface area contributed by atoms with E-state index in [0.717, 1.165) is 16.9 Å². The van der Waals surface area contributed by atoms with Crippen LogP contribution in [0.3, 0.4) is 0 Å². The average Bonchev–Trinajstić information content (AvgIpc) is 2.91. The average molecular weight is 307 g/mol. The lowest BCUT2D eigenvalue weighted by Gasteiger charge is -2.28. The van der Waals surface area contributed by atoms with Gasteiger partial charge in [0.25, 0.3) is 0 Å². The second kappa shape index (κ2) is 7.26. The number of benzene rings is 1. The van der Waals surface area contributed by atoms with Gasteiger partial charge >= 0.3 is 12.1 Å². The van der Waals surface area contributed by atoms with Gasteiger partial charge < -0.3 is 14.6 Å². The van der Waals surface area contributed by atoms with Gasteiger partial charge in [-0.25, -0.2) is 9.59 Å². The molecule has 22 heavy (non-hydrogen) atoms. The maximum Gasteiger partial charge on any atom is 0.410 e. The van der Waals surface area contributed by atoms with E-state index >= 15 is 0 Å². The van der Waals surface area contributed by atoms with Crippen LogP contribution in [-0.2, 0) is 20.9 Å². The lowest BCUT2D eigenvalue weighted by molar-refractivity contribution is -0.147. The third-order valence-corrected chi connectivity index (χ3v) is 3.78. The maximum atomic E-state index is 12.1. The Balaban J connectivity index is 1.96. The van der Waals surface area contributed by atoms with E-state index in [2.05, 4.69) is 0 Å². The van der Waals surface area contributed by atoms with E-state index in [0.29, 0.717) is 6.42 Å². The van der Waals surface area contributed by atoms with Gasteiger partial charge in [-0.3, -0.25) is 4.90 Å². The molecule has 1 amide bonds. The van der Waals surface area contributed by atoms with Gasteiger partial charge in [-0.2, -0.15) is 0 Å². The molecule has 0 spiro atoms. The molecule has 1 heterocycles. The van der Waals surface area contributed by atoms with Crippen LogP contribution in [0.1, 0.15) is 25.3 Å². The summed E-state index contributed by atoms with van der Waals surface area (Å²) in [5.74, 6) is -1.08. The van der Waals surface area contributed by atoms with Crippen LogP contribution in [-0.4, -0.2) is 47.4 Å². The Bertz CT molecular complexity index is 519. The predicted octanol–water partition coefficient (Wildman–Crippen LogP) is 2.28. The summed E-state index contributed by atoms with van der Waals surface area (Å²) in [7, 11) is 1.43. The van der Waals surface area contributed by atoms with E-state index in [9.17, 15) is 14.7 Å². The van der Waals surface area contributed by atoms with Crippen molar-refractivity contribution >= 4 is 12.1 Å². The van der Waals surface area contributed by atoms with Gasteiger partial charge in [-0.15, -0.1) is 0 Å². The third-order valence-electron chi connectivity index (χ3n) is 3.78. The number of nitrogens with zero attached hydrogens (tertiary/aromatic N) is 1. The second-order valence-corrected chi connectivity index (χ2v) is 5.50. The van der Waals surface area contributed by atoms with Crippen LogP contribution in [0.15, 0.2) is 30.3 Å². The van der Waals surface area contributed by atoms with Gasteiger partial charge in [0.15, 0.2) is 6.04 Å². The van der Waals surface area contributed by atoms with Gasteiger partial charge in [0.1, 0.15) is 6.61 Å². The van der Waals surface area contributed by atoms with Crippen molar-refractivity contribution in [3.05, 3.63) is 35.9 Å². The fourth-order valence-corrected chi connectivity index (χ4v) is 2.57. The molecule has 1 fully saturated rings. The summed E-state index contributed by atoms with van der Waals surface area (Å²) in [6.45, 7) is 2.00. The topological polar surface area (TPSA) is 76.1 Å². The molecule has 1 aliphatic heterocycles. The minimum absolute atomic E-state index is 0.0144. The normalized spacial score (nSPS) is 22.1. The highest BCUT2D eigenvalue weighted by Gasteiger charge is 2.39. The largest absolute Gasteiger partial charge is 0.480 e. The predicted molar refractivity (Wildman–Crippen MR) is 79.4 cm³/mol. The second-order valence-electron chi connectivity index (χ2n) is 5.50. The number of carbonyl (C=O) groups is 2. The van der Waals surface area contributed by atoms with E-state index in [-0.39, 0.29) is 12.7 Å². The molecule has 2 rings (SSSR count). The molecule has 1 saturated heterocycles. The summed E-state index contributed by atoms with van der Waals surface area (Å²) >= 11 is 0. The first-order valence-electron chi connectivity index (χ1n) is 7.31.